The highest BCUT2D eigenvalue weighted by atomic mass is 35.5. The van der Waals surface area contributed by atoms with Crippen molar-refractivity contribution in [2.45, 2.75) is 6.92 Å². The average Bonchev–Trinajstić information content (AvgIpc) is 3.00. The monoisotopic (exact) mass is 378 g/mol. The second-order valence-corrected chi connectivity index (χ2v) is 5.84. The van der Waals surface area contributed by atoms with Crippen LogP contribution in [-0.4, -0.2) is 48.1 Å². The third-order valence-corrected chi connectivity index (χ3v) is 4.03. The van der Waals surface area contributed by atoms with E-state index in [2.05, 4.69) is 15.5 Å². The number of likely N-dealkylation sites (N-methyl/N-ethyl adjacent to an activating group) is 2. The van der Waals surface area contributed by atoms with Crippen LogP contribution in [0.25, 0.3) is 22.4 Å². The molecule has 0 saturated heterocycles. The molecule has 6 nitrogen and oxygen atoms in total. The van der Waals surface area contributed by atoms with E-state index in [1.165, 1.54) is 12.1 Å². The van der Waals surface area contributed by atoms with Crippen LogP contribution in [0, 0.1) is 12.7 Å². The van der Waals surface area contributed by atoms with Crippen LogP contribution in [0.4, 0.5) is 4.39 Å². The Hall–Kier alpha value is -2.51. The SMILES string of the molecule is CNCCN(C)C(=O)c1cc(-c2ccc(F)cc2)nc2onc(C)c12.Cl. The molecule has 0 saturated carbocycles. The van der Waals surface area contributed by atoms with Crippen LogP contribution in [0.2, 0.25) is 0 Å². The zero-order valence-corrected chi connectivity index (χ0v) is 15.6. The molecule has 3 aromatic rings. The summed E-state index contributed by atoms with van der Waals surface area (Å²) in [5, 5.41) is 7.55. The van der Waals surface area contributed by atoms with Gasteiger partial charge in [0.2, 0.25) is 0 Å². The summed E-state index contributed by atoms with van der Waals surface area (Å²) < 4.78 is 18.4. The minimum atomic E-state index is -0.330. The van der Waals surface area contributed by atoms with Crippen LogP contribution < -0.4 is 5.32 Å². The predicted octanol–water partition coefficient (Wildman–Crippen LogP) is 3.05. The number of halogens is 2. The van der Waals surface area contributed by atoms with Gasteiger partial charge >= 0.3 is 0 Å². The van der Waals surface area contributed by atoms with E-state index in [0.29, 0.717) is 46.7 Å². The molecule has 8 heteroatoms. The summed E-state index contributed by atoms with van der Waals surface area (Å²) >= 11 is 0. The number of nitrogens with one attached hydrogen (secondary N) is 1. The lowest BCUT2D eigenvalue weighted by molar-refractivity contribution is 0.0798. The number of carbonyl (C=O) groups excluding carboxylic acids is 1. The highest BCUT2D eigenvalue weighted by molar-refractivity contribution is 6.06. The number of aromatic nitrogens is 2. The Bertz CT molecular complexity index is 911. The minimum Gasteiger partial charge on any atom is -0.340 e. The molecule has 1 N–H and O–H groups in total. The average molecular weight is 379 g/mol. The lowest BCUT2D eigenvalue weighted by Crippen LogP contribution is -2.33. The van der Waals surface area contributed by atoms with Crippen molar-refractivity contribution in [3.63, 3.8) is 0 Å². The Kier molecular flexibility index (Phi) is 6.28. The van der Waals surface area contributed by atoms with Crippen molar-refractivity contribution in [1.29, 1.82) is 0 Å². The van der Waals surface area contributed by atoms with E-state index < -0.39 is 0 Å². The number of pyridine rings is 1. The van der Waals surface area contributed by atoms with E-state index >= 15 is 0 Å². The van der Waals surface area contributed by atoms with Gasteiger partial charge in [-0.2, -0.15) is 0 Å². The van der Waals surface area contributed by atoms with Crippen molar-refractivity contribution in [3.05, 3.63) is 47.4 Å². The Morgan fingerprint density at radius 3 is 2.65 bits per heavy atom. The fourth-order valence-corrected chi connectivity index (χ4v) is 2.62. The maximum atomic E-state index is 13.2. The summed E-state index contributed by atoms with van der Waals surface area (Å²) in [6, 6.07) is 7.65. The van der Waals surface area contributed by atoms with E-state index in [0.717, 1.165) is 0 Å². The van der Waals surface area contributed by atoms with Crippen LogP contribution in [0.5, 0.6) is 0 Å². The fraction of sp³-hybridized carbons (Fsp3) is 0.278. The zero-order valence-electron chi connectivity index (χ0n) is 14.7. The van der Waals surface area contributed by atoms with Crippen molar-refractivity contribution in [1.82, 2.24) is 20.4 Å². The van der Waals surface area contributed by atoms with Gasteiger partial charge in [-0.25, -0.2) is 9.37 Å². The Morgan fingerprint density at radius 1 is 1.31 bits per heavy atom. The predicted molar refractivity (Wildman–Crippen MR) is 100 cm³/mol. The van der Waals surface area contributed by atoms with Gasteiger partial charge in [-0.15, -0.1) is 12.4 Å². The molecule has 0 atom stereocenters. The van der Waals surface area contributed by atoms with Crippen LogP contribution in [0.1, 0.15) is 16.1 Å². The maximum absolute atomic E-state index is 13.2. The fourth-order valence-electron chi connectivity index (χ4n) is 2.62. The first-order valence-corrected chi connectivity index (χ1v) is 7.94. The quantitative estimate of drug-likeness (QED) is 0.738. The van der Waals surface area contributed by atoms with Crippen molar-refractivity contribution in [3.8, 4) is 11.3 Å². The number of rotatable bonds is 5. The van der Waals surface area contributed by atoms with E-state index in [-0.39, 0.29) is 24.1 Å². The third kappa shape index (κ3) is 3.84. The number of benzene rings is 1. The molecular weight excluding hydrogens is 359 g/mol. The summed E-state index contributed by atoms with van der Waals surface area (Å²) in [6.45, 7) is 3.02. The first-order chi connectivity index (χ1) is 12.0. The van der Waals surface area contributed by atoms with Gasteiger partial charge in [-0.05, 0) is 44.3 Å². The number of hydrogen-bond donors (Lipinski definition) is 1. The van der Waals surface area contributed by atoms with E-state index in [1.807, 2.05) is 7.05 Å². The van der Waals surface area contributed by atoms with E-state index in [1.54, 1.807) is 37.1 Å². The molecule has 0 bridgehead atoms. The van der Waals surface area contributed by atoms with E-state index in [9.17, 15) is 9.18 Å². The molecule has 0 aliphatic carbocycles. The number of carbonyl (C=O) groups is 1. The lowest BCUT2D eigenvalue weighted by atomic mass is 10.0. The zero-order chi connectivity index (χ0) is 18.0. The number of fused-ring (bicyclic) bond motifs is 1. The molecule has 2 aromatic heterocycles. The van der Waals surface area contributed by atoms with E-state index in [4.69, 9.17) is 4.52 Å². The summed E-state index contributed by atoms with van der Waals surface area (Å²) in [5.74, 6) is -0.472. The largest absolute Gasteiger partial charge is 0.340 e. The number of nitrogens with zero attached hydrogens (tertiary/aromatic N) is 3. The number of hydrogen-bond acceptors (Lipinski definition) is 5. The summed E-state index contributed by atoms with van der Waals surface area (Å²) in [4.78, 5) is 19.0. The summed E-state index contributed by atoms with van der Waals surface area (Å²) in [6.07, 6.45) is 0. The van der Waals surface area contributed by atoms with Gasteiger partial charge in [0, 0.05) is 25.7 Å². The van der Waals surface area contributed by atoms with Gasteiger partial charge in [0.05, 0.1) is 22.3 Å². The molecule has 1 amide bonds. The molecule has 0 spiro atoms. The molecule has 0 aliphatic heterocycles. The molecular formula is C18H20ClFN4O2. The topological polar surface area (TPSA) is 71.3 Å². The molecule has 0 unspecified atom stereocenters. The highest BCUT2D eigenvalue weighted by Gasteiger charge is 2.21. The van der Waals surface area contributed by atoms with Crippen LogP contribution >= 0.6 is 12.4 Å². The Balaban J connectivity index is 0.00000243. The minimum absolute atomic E-state index is 0. The molecule has 0 radical (unpaired) electrons. The third-order valence-electron chi connectivity index (χ3n) is 4.03. The standard InChI is InChI=1S/C18H19FN4O2.ClH/c1-11-16-14(18(24)23(3)9-8-20-2)10-15(21-17(16)25-22-11)12-4-6-13(19)7-5-12;/h4-7,10,20H,8-9H2,1-3H3;1H. The van der Waals surface area contributed by atoms with Crippen molar-refractivity contribution < 1.29 is 13.7 Å². The molecule has 0 aliphatic rings. The lowest BCUT2D eigenvalue weighted by Gasteiger charge is -2.17. The van der Waals surface area contributed by atoms with Crippen molar-refractivity contribution in [2.75, 3.05) is 27.2 Å². The molecule has 3 rings (SSSR count). The molecule has 138 valence electrons. The summed E-state index contributed by atoms with van der Waals surface area (Å²) in [7, 11) is 3.58. The van der Waals surface area contributed by atoms with Crippen LogP contribution in [-0.2, 0) is 0 Å². The van der Waals surface area contributed by atoms with Crippen molar-refractivity contribution in [2.24, 2.45) is 0 Å². The van der Waals surface area contributed by atoms with Gasteiger partial charge in [0.15, 0.2) is 0 Å². The molecule has 26 heavy (non-hydrogen) atoms. The first kappa shape index (κ1) is 19.8. The second-order valence-electron chi connectivity index (χ2n) is 5.84. The van der Waals surface area contributed by atoms with Gasteiger partial charge in [0.25, 0.3) is 11.6 Å². The van der Waals surface area contributed by atoms with Gasteiger partial charge < -0.3 is 14.7 Å². The van der Waals surface area contributed by atoms with Crippen molar-refractivity contribution >= 4 is 29.4 Å². The van der Waals surface area contributed by atoms with Crippen LogP contribution in [0.15, 0.2) is 34.9 Å². The smallest absolute Gasteiger partial charge is 0.259 e. The molecule has 1 aromatic carbocycles. The van der Waals surface area contributed by atoms with Gasteiger partial charge in [-0.3, -0.25) is 4.79 Å². The number of amides is 1. The number of aryl methyl sites for hydroxylation is 1. The van der Waals surface area contributed by atoms with Gasteiger partial charge in [0.1, 0.15) is 5.82 Å². The highest BCUT2D eigenvalue weighted by Crippen LogP contribution is 2.27. The maximum Gasteiger partial charge on any atom is 0.259 e. The Labute approximate surface area is 156 Å². The van der Waals surface area contributed by atoms with Crippen LogP contribution in [0.3, 0.4) is 0 Å². The molecule has 2 heterocycles. The molecule has 0 fully saturated rings. The first-order valence-electron chi connectivity index (χ1n) is 7.94. The summed E-state index contributed by atoms with van der Waals surface area (Å²) in [5.41, 5.74) is 2.61. The normalized spacial score (nSPS) is 10.6. The Morgan fingerprint density at radius 2 is 2.00 bits per heavy atom. The van der Waals surface area contributed by atoms with Gasteiger partial charge in [-0.1, -0.05) is 5.16 Å². The second kappa shape index (κ2) is 8.25.